The minimum Gasteiger partial charge on any atom is -0.490 e. The van der Waals surface area contributed by atoms with E-state index in [0.717, 1.165) is 19.3 Å². The molecule has 0 bridgehead atoms. The molecule has 0 saturated heterocycles. The highest BCUT2D eigenvalue weighted by molar-refractivity contribution is 5.95. The van der Waals surface area contributed by atoms with E-state index in [4.69, 9.17) is 4.74 Å². The van der Waals surface area contributed by atoms with Crippen LogP contribution in [-0.4, -0.2) is 35.7 Å². The number of hydrogen-bond acceptors (Lipinski definition) is 5. The zero-order valence-electron chi connectivity index (χ0n) is 11.7. The maximum atomic E-state index is 12.0. The molecule has 1 aromatic rings. The Bertz CT molecular complexity index is 546. The van der Waals surface area contributed by atoms with Gasteiger partial charge in [0, 0.05) is 30.2 Å². The second kappa shape index (κ2) is 6.53. The number of hydrogen-bond donors (Lipinski definition) is 2. The minimum absolute atomic E-state index is 0.0496. The van der Waals surface area contributed by atoms with Crippen LogP contribution in [0.15, 0.2) is 18.2 Å². The molecule has 2 unspecified atom stereocenters. The molecular formula is C14H18N2O5. The lowest BCUT2D eigenvalue weighted by Gasteiger charge is -2.15. The van der Waals surface area contributed by atoms with Crippen molar-refractivity contribution in [3.05, 3.63) is 33.9 Å². The number of rotatable bonds is 5. The van der Waals surface area contributed by atoms with E-state index in [2.05, 4.69) is 5.32 Å². The van der Waals surface area contributed by atoms with Crippen molar-refractivity contribution in [3.8, 4) is 5.75 Å². The summed E-state index contributed by atoms with van der Waals surface area (Å²) in [4.78, 5) is 22.3. The number of ether oxygens (including phenoxy) is 1. The van der Waals surface area contributed by atoms with E-state index in [-0.39, 0.29) is 29.4 Å². The molecule has 7 nitrogen and oxygen atoms in total. The van der Waals surface area contributed by atoms with Crippen molar-refractivity contribution in [3.63, 3.8) is 0 Å². The molecule has 1 amide bonds. The van der Waals surface area contributed by atoms with Gasteiger partial charge in [-0.25, -0.2) is 0 Å². The van der Waals surface area contributed by atoms with Crippen LogP contribution < -0.4 is 10.1 Å². The van der Waals surface area contributed by atoms with Crippen LogP contribution in [0.4, 0.5) is 5.69 Å². The van der Waals surface area contributed by atoms with Gasteiger partial charge in [-0.15, -0.1) is 0 Å². The molecule has 1 saturated carbocycles. The predicted molar refractivity (Wildman–Crippen MR) is 75.3 cm³/mol. The molecule has 2 rings (SSSR count). The van der Waals surface area contributed by atoms with Crippen molar-refractivity contribution in [2.75, 3.05) is 13.7 Å². The van der Waals surface area contributed by atoms with Crippen LogP contribution in [0, 0.1) is 16.0 Å². The molecule has 0 aliphatic heterocycles. The van der Waals surface area contributed by atoms with E-state index < -0.39 is 4.92 Å². The minimum atomic E-state index is -0.560. The van der Waals surface area contributed by atoms with Crippen LogP contribution in [0.1, 0.15) is 29.6 Å². The topological polar surface area (TPSA) is 102 Å². The van der Waals surface area contributed by atoms with E-state index in [1.165, 1.54) is 25.3 Å². The quantitative estimate of drug-likeness (QED) is 0.633. The van der Waals surface area contributed by atoms with Gasteiger partial charge in [0.15, 0.2) is 5.75 Å². The third kappa shape index (κ3) is 3.49. The van der Waals surface area contributed by atoms with Gasteiger partial charge >= 0.3 is 5.69 Å². The average Bonchev–Trinajstić information content (AvgIpc) is 2.89. The summed E-state index contributed by atoms with van der Waals surface area (Å²) in [6.07, 6.45) is 2.26. The molecule has 7 heteroatoms. The number of nitrogens with one attached hydrogen (secondary N) is 1. The molecule has 1 aliphatic rings. The zero-order chi connectivity index (χ0) is 15.4. The SMILES string of the molecule is COc1cc(C(=O)NCC2CCCC2O)ccc1[N+](=O)[O-]. The fraction of sp³-hybridized carbons (Fsp3) is 0.500. The Morgan fingerprint density at radius 2 is 2.29 bits per heavy atom. The van der Waals surface area contributed by atoms with Crippen molar-refractivity contribution in [1.29, 1.82) is 0 Å². The first-order valence-electron chi connectivity index (χ1n) is 6.81. The Hall–Kier alpha value is -2.15. The number of methoxy groups -OCH3 is 1. The standard InChI is InChI=1S/C14H18N2O5/c1-21-13-7-9(5-6-11(13)16(19)20)14(18)15-8-10-3-2-4-12(10)17/h5-7,10,12,17H,2-4,8H2,1H3,(H,15,18). The molecule has 1 aliphatic carbocycles. The van der Waals surface area contributed by atoms with Crippen molar-refractivity contribution in [2.24, 2.45) is 5.92 Å². The predicted octanol–water partition coefficient (Wildman–Crippen LogP) is 1.49. The summed E-state index contributed by atoms with van der Waals surface area (Å²) in [5, 5.41) is 23.2. The second-order valence-electron chi connectivity index (χ2n) is 5.11. The third-order valence-corrected chi connectivity index (χ3v) is 3.78. The average molecular weight is 294 g/mol. The number of amides is 1. The fourth-order valence-electron chi connectivity index (χ4n) is 2.55. The number of nitro groups is 1. The lowest BCUT2D eigenvalue weighted by Crippen LogP contribution is -2.32. The van der Waals surface area contributed by atoms with E-state index in [1.807, 2.05) is 0 Å². The summed E-state index contributed by atoms with van der Waals surface area (Å²) in [6, 6.07) is 3.98. The van der Waals surface area contributed by atoms with Gasteiger partial charge in [-0.1, -0.05) is 6.42 Å². The fourth-order valence-corrected chi connectivity index (χ4v) is 2.55. The Morgan fingerprint density at radius 3 is 2.86 bits per heavy atom. The molecule has 2 N–H and O–H groups in total. The highest BCUT2D eigenvalue weighted by atomic mass is 16.6. The maximum Gasteiger partial charge on any atom is 0.310 e. The molecule has 0 heterocycles. The third-order valence-electron chi connectivity index (χ3n) is 3.78. The molecule has 1 fully saturated rings. The first-order valence-corrected chi connectivity index (χ1v) is 6.81. The Labute approximate surface area is 122 Å². The van der Waals surface area contributed by atoms with Crippen LogP contribution in [0.2, 0.25) is 0 Å². The monoisotopic (exact) mass is 294 g/mol. The molecule has 0 aromatic heterocycles. The Kier molecular flexibility index (Phi) is 4.74. The Balaban J connectivity index is 2.03. The van der Waals surface area contributed by atoms with E-state index in [0.29, 0.717) is 12.1 Å². The van der Waals surface area contributed by atoms with Gasteiger partial charge < -0.3 is 15.2 Å². The summed E-state index contributed by atoms with van der Waals surface area (Å²) in [5.41, 5.74) is 0.116. The van der Waals surface area contributed by atoms with Crippen LogP contribution >= 0.6 is 0 Å². The Morgan fingerprint density at radius 1 is 1.52 bits per heavy atom. The van der Waals surface area contributed by atoms with Crippen molar-refractivity contribution in [2.45, 2.75) is 25.4 Å². The van der Waals surface area contributed by atoms with E-state index >= 15 is 0 Å². The summed E-state index contributed by atoms with van der Waals surface area (Å²) >= 11 is 0. The lowest BCUT2D eigenvalue weighted by atomic mass is 10.1. The smallest absolute Gasteiger partial charge is 0.310 e. The van der Waals surface area contributed by atoms with E-state index in [1.54, 1.807) is 0 Å². The number of carbonyl (C=O) groups is 1. The molecule has 2 atom stereocenters. The normalized spacial score (nSPS) is 21.0. The summed E-state index contributed by atoms with van der Waals surface area (Å²) in [7, 11) is 1.32. The first kappa shape index (κ1) is 15.2. The molecule has 0 spiro atoms. The molecule has 0 radical (unpaired) electrons. The van der Waals surface area contributed by atoms with Crippen molar-refractivity contribution in [1.82, 2.24) is 5.32 Å². The second-order valence-corrected chi connectivity index (χ2v) is 5.11. The van der Waals surface area contributed by atoms with Gasteiger partial charge in [0.05, 0.1) is 18.1 Å². The molecule has 21 heavy (non-hydrogen) atoms. The lowest BCUT2D eigenvalue weighted by molar-refractivity contribution is -0.385. The van der Waals surface area contributed by atoms with Gasteiger partial charge in [-0.2, -0.15) is 0 Å². The number of aliphatic hydroxyl groups is 1. The summed E-state index contributed by atoms with van der Waals surface area (Å²) in [5.74, 6) is -0.204. The van der Waals surface area contributed by atoms with Gasteiger partial charge in [0.2, 0.25) is 0 Å². The maximum absolute atomic E-state index is 12.0. The van der Waals surface area contributed by atoms with E-state index in [9.17, 15) is 20.0 Å². The zero-order valence-corrected chi connectivity index (χ0v) is 11.7. The van der Waals surface area contributed by atoms with Gasteiger partial charge in [0.25, 0.3) is 5.91 Å². The van der Waals surface area contributed by atoms with Crippen LogP contribution in [0.5, 0.6) is 5.75 Å². The first-order chi connectivity index (χ1) is 10.0. The number of aliphatic hydroxyl groups excluding tert-OH is 1. The highest BCUT2D eigenvalue weighted by Crippen LogP contribution is 2.28. The van der Waals surface area contributed by atoms with Crippen molar-refractivity contribution < 1.29 is 19.6 Å². The molecular weight excluding hydrogens is 276 g/mol. The van der Waals surface area contributed by atoms with Crippen LogP contribution in [0.3, 0.4) is 0 Å². The van der Waals surface area contributed by atoms with Crippen LogP contribution in [0.25, 0.3) is 0 Å². The molecule has 1 aromatic carbocycles. The number of benzene rings is 1. The number of nitrogens with zero attached hydrogens (tertiary/aromatic N) is 1. The van der Waals surface area contributed by atoms with Crippen molar-refractivity contribution >= 4 is 11.6 Å². The van der Waals surface area contributed by atoms with Gasteiger partial charge in [-0.05, 0) is 18.9 Å². The van der Waals surface area contributed by atoms with Crippen LogP contribution in [-0.2, 0) is 0 Å². The van der Waals surface area contributed by atoms with Gasteiger partial charge in [-0.3, -0.25) is 14.9 Å². The number of carbonyl (C=O) groups excluding carboxylic acids is 1. The highest BCUT2D eigenvalue weighted by Gasteiger charge is 2.25. The van der Waals surface area contributed by atoms with Gasteiger partial charge in [0.1, 0.15) is 0 Å². The largest absolute Gasteiger partial charge is 0.490 e. The molecule has 114 valence electrons. The summed E-state index contributed by atoms with van der Waals surface area (Å²) < 4.78 is 4.93. The number of nitro benzene ring substituents is 1. The summed E-state index contributed by atoms with van der Waals surface area (Å²) in [6.45, 7) is 0.402.